The Morgan fingerprint density at radius 1 is 1.41 bits per heavy atom. The van der Waals surface area contributed by atoms with E-state index >= 15 is 0 Å². The fraction of sp³-hybridized carbons (Fsp3) is 0.700. The Labute approximate surface area is 107 Å². The molecular weight excluding hydrogens is 262 g/mol. The number of hydrogen-bond donors (Lipinski definition) is 1. The number of sulfonamides is 1. The molecule has 0 saturated carbocycles. The van der Waals surface area contributed by atoms with Crippen LogP contribution in [0.1, 0.15) is 31.5 Å². The molecule has 0 amide bonds. The predicted octanol–water partition coefficient (Wildman–Crippen LogP) is 1.88. The van der Waals surface area contributed by atoms with Gasteiger partial charge in [-0.15, -0.1) is 11.6 Å². The predicted molar refractivity (Wildman–Crippen MR) is 67.6 cm³/mol. The van der Waals surface area contributed by atoms with E-state index in [2.05, 4.69) is 10.2 Å². The number of hydrogen-bond acceptors (Lipinski definition) is 3. The second-order valence-electron chi connectivity index (χ2n) is 3.76. The molecule has 17 heavy (non-hydrogen) atoms. The molecule has 0 aromatic carbocycles. The van der Waals surface area contributed by atoms with Crippen LogP contribution in [0.25, 0.3) is 0 Å². The van der Waals surface area contributed by atoms with Crippen molar-refractivity contribution in [3.8, 4) is 0 Å². The van der Waals surface area contributed by atoms with Crippen LogP contribution in [0.15, 0.2) is 5.03 Å². The third-order valence-electron chi connectivity index (χ3n) is 2.58. The van der Waals surface area contributed by atoms with Crippen LogP contribution < -0.4 is 0 Å². The average Bonchev–Trinajstić information content (AvgIpc) is 2.67. The van der Waals surface area contributed by atoms with Crippen molar-refractivity contribution in [2.45, 2.75) is 38.1 Å². The molecular formula is C10H18ClN3O2S. The van der Waals surface area contributed by atoms with Gasteiger partial charge < -0.3 is 0 Å². The van der Waals surface area contributed by atoms with Gasteiger partial charge in [0.2, 0.25) is 0 Å². The van der Waals surface area contributed by atoms with E-state index in [1.54, 1.807) is 6.92 Å². The van der Waals surface area contributed by atoms with Crippen LogP contribution in [0.4, 0.5) is 0 Å². The number of rotatable bonds is 6. The molecule has 0 radical (unpaired) electrons. The van der Waals surface area contributed by atoms with Crippen LogP contribution in [0.2, 0.25) is 0 Å². The molecule has 0 aliphatic carbocycles. The highest BCUT2D eigenvalue weighted by atomic mass is 35.5. The Kier molecular flexibility index (Phi) is 4.97. The summed E-state index contributed by atoms with van der Waals surface area (Å²) in [6.45, 7) is 6.44. The SMILES string of the molecule is CCCN(CC)S(=O)(=O)c1n[nH]c(C)c1CCl. The molecule has 1 heterocycles. The number of alkyl halides is 1. The van der Waals surface area contributed by atoms with Crippen molar-refractivity contribution >= 4 is 21.6 Å². The van der Waals surface area contributed by atoms with E-state index in [1.165, 1.54) is 4.31 Å². The van der Waals surface area contributed by atoms with Crippen LogP contribution in [-0.2, 0) is 15.9 Å². The number of nitrogens with one attached hydrogen (secondary N) is 1. The van der Waals surface area contributed by atoms with Crippen LogP contribution in [-0.4, -0.2) is 36.0 Å². The maximum absolute atomic E-state index is 12.3. The molecule has 0 unspecified atom stereocenters. The summed E-state index contributed by atoms with van der Waals surface area (Å²) in [5.74, 6) is 0.139. The monoisotopic (exact) mass is 279 g/mol. The Hall–Kier alpha value is -0.590. The highest BCUT2D eigenvalue weighted by Gasteiger charge is 2.28. The van der Waals surface area contributed by atoms with Crippen molar-refractivity contribution in [2.24, 2.45) is 0 Å². The first-order valence-electron chi connectivity index (χ1n) is 5.58. The molecule has 1 N–H and O–H groups in total. The first-order chi connectivity index (χ1) is 7.98. The van der Waals surface area contributed by atoms with Crippen molar-refractivity contribution in [3.05, 3.63) is 11.3 Å². The van der Waals surface area contributed by atoms with Crippen LogP contribution in [0, 0.1) is 6.92 Å². The highest BCUT2D eigenvalue weighted by Crippen LogP contribution is 2.22. The average molecular weight is 280 g/mol. The standard InChI is InChI=1S/C10H18ClN3O2S/c1-4-6-14(5-2)17(15,16)10-9(7-11)8(3)12-13-10/h4-7H2,1-3H3,(H,12,13). The lowest BCUT2D eigenvalue weighted by Gasteiger charge is -2.18. The lowest BCUT2D eigenvalue weighted by Crippen LogP contribution is -2.32. The molecule has 0 spiro atoms. The number of aromatic amines is 1. The first kappa shape index (κ1) is 14.5. The third-order valence-corrected chi connectivity index (χ3v) is 4.79. The summed E-state index contributed by atoms with van der Waals surface area (Å²) in [7, 11) is -3.53. The van der Waals surface area contributed by atoms with Gasteiger partial charge in [0, 0.05) is 24.3 Å². The van der Waals surface area contributed by atoms with Crippen LogP contribution in [0.5, 0.6) is 0 Å². The van der Waals surface area contributed by atoms with Crippen molar-refractivity contribution < 1.29 is 8.42 Å². The second kappa shape index (κ2) is 5.84. The Bertz CT molecular complexity index is 470. The normalized spacial score (nSPS) is 12.3. The minimum absolute atomic E-state index is 0.0558. The van der Waals surface area contributed by atoms with E-state index < -0.39 is 10.0 Å². The molecule has 0 aliphatic heterocycles. The molecule has 1 rings (SSSR count). The molecule has 98 valence electrons. The van der Waals surface area contributed by atoms with Crippen LogP contribution >= 0.6 is 11.6 Å². The number of aryl methyl sites for hydroxylation is 1. The van der Waals surface area contributed by atoms with Crippen molar-refractivity contribution in [1.82, 2.24) is 14.5 Å². The number of H-pyrrole nitrogens is 1. The fourth-order valence-corrected chi connectivity index (χ4v) is 3.73. The largest absolute Gasteiger partial charge is 0.281 e. The molecule has 5 nitrogen and oxygen atoms in total. The zero-order valence-electron chi connectivity index (χ0n) is 10.3. The van der Waals surface area contributed by atoms with E-state index in [4.69, 9.17) is 11.6 Å². The van der Waals surface area contributed by atoms with E-state index in [1.807, 2.05) is 13.8 Å². The molecule has 0 aliphatic rings. The van der Waals surface area contributed by atoms with Gasteiger partial charge in [-0.2, -0.15) is 9.40 Å². The van der Waals surface area contributed by atoms with Gasteiger partial charge in [-0.1, -0.05) is 13.8 Å². The molecule has 7 heteroatoms. The second-order valence-corrected chi connectivity index (χ2v) is 5.88. The van der Waals surface area contributed by atoms with Gasteiger partial charge in [0.15, 0.2) is 5.03 Å². The Balaban J connectivity index is 3.20. The minimum atomic E-state index is -3.53. The molecule has 1 aromatic rings. The molecule has 0 saturated heterocycles. The smallest absolute Gasteiger partial charge is 0.262 e. The van der Waals surface area contributed by atoms with Gasteiger partial charge in [-0.05, 0) is 13.3 Å². The van der Waals surface area contributed by atoms with Crippen molar-refractivity contribution in [2.75, 3.05) is 13.1 Å². The summed E-state index contributed by atoms with van der Waals surface area (Å²) < 4.78 is 26.1. The Morgan fingerprint density at radius 3 is 2.53 bits per heavy atom. The zero-order chi connectivity index (χ0) is 13.1. The molecule has 0 atom stereocenters. The summed E-state index contributed by atoms with van der Waals surface area (Å²) >= 11 is 5.77. The molecule has 0 bridgehead atoms. The fourth-order valence-electron chi connectivity index (χ4n) is 1.62. The van der Waals surface area contributed by atoms with E-state index in [9.17, 15) is 8.42 Å². The van der Waals surface area contributed by atoms with Crippen LogP contribution in [0.3, 0.4) is 0 Å². The van der Waals surface area contributed by atoms with Gasteiger partial charge in [0.1, 0.15) is 0 Å². The number of halogens is 1. The summed E-state index contributed by atoms with van der Waals surface area (Å²) in [5.41, 5.74) is 1.26. The lowest BCUT2D eigenvalue weighted by atomic mass is 10.3. The third kappa shape index (κ3) is 2.81. The summed E-state index contributed by atoms with van der Waals surface area (Å²) in [5, 5.41) is 6.60. The van der Waals surface area contributed by atoms with Crippen molar-refractivity contribution in [3.63, 3.8) is 0 Å². The highest BCUT2D eigenvalue weighted by molar-refractivity contribution is 7.89. The maximum atomic E-state index is 12.3. The maximum Gasteiger partial charge on any atom is 0.262 e. The van der Waals surface area contributed by atoms with Gasteiger partial charge in [0.05, 0.1) is 5.88 Å². The quantitative estimate of drug-likeness (QED) is 0.809. The molecule has 1 aromatic heterocycles. The summed E-state index contributed by atoms with van der Waals surface area (Å²) in [6, 6.07) is 0. The Morgan fingerprint density at radius 2 is 2.06 bits per heavy atom. The minimum Gasteiger partial charge on any atom is -0.281 e. The number of aromatic nitrogens is 2. The summed E-state index contributed by atoms with van der Waals surface area (Å²) in [6.07, 6.45) is 0.771. The molecule has 0 fully saturated rings. The lowest BCUT2D eigenvalue weighted by molar-refractivity contribution is 0.424. The van der Waals surface area contributed by atoms with E-state index in [0.717, 1.165) is 6.42 Å². The zero-order valence-corrected chi connectivity index (χ0v) is 11.9. The first-order valence-corrected chi connectivity index (χ1v) is 7.56. The van der Waals surface area contributed by atoms with E-state index in [0.29, 0.717) is 24.3 Å². The van der Waals surface area contributed by atoms with Gasteiger partial charge in [0.25, 0.3) is 10.0 Å². The topological polar surface area (TPSA) is 66.1 Å². The number of nitrogens with zero attached hydrogens (tertiary/aromatic N) is 2. The summed E-state index contributed by atoms with van der Waals surface area (Å²) in [4.78, 5) is 0. The van der Waals surface area contributed by atoms with Gasteiger partial charge >= 0.3 is 0 Å². The van der Waals surface area contributed by atoms with Crippen molar-refractivity contribution in [1.29, 1.82) is 0 Å². The van der Waals surface area contributed by atoms with E-state index in [-0.39, 0.29) is 10.9 Å². The van der Waals surface area contributed by atoms with Gasteiger partial charge in [-0.25, -0.2) is 8.42 Å². The van der Waals surface area contributed by atoms with Gasteiger partial charge in [-0.3, -0.25) is 5.10 Å².